The van der Waals surface area contributed by atoms with Crippen molar-refractivity contribution in [2.45, 2.75) is 45.7 Å². The van der Waals surface area contributed by atoms with E-state index in [0.717, 1.165) is 18.5 Å². The molecule has 0 spiro atoms. The van der Waals surface area contributed by atoms with E-state index in [4.69, 9.17) is 0 Å². The summed E-state index contributed by atoms with van der Waals surface area (Å²) < 4.78 is 0. The Morgan fingerprint density at radius 3 is 2.72 bits per heavy atom. The van der Waals surface area contributed by atoms with E-state index in [1.807, 2.05) is 0 Å². The van der Waals surface area contributed by atoms with Gasteiger partial charge in [-0.25, -0.2) is 0 Å². The topological polar surface area (TPSA) is 15.3 Å². The second-order valence-electron chi connectivity index (χ2n) is 6.12. The lowest BCUT2D eigenvalue weighted by Gasteiger charge is -2.21. The monoisotopic (exact) mass is 244 g/mol. The summed E-state index contributed by atoms with van der Waals surface area (Å²) in [6, 6.07) is 7.76. The molecule has 0 amide bonds. The Morgan fingerprint density at radius 1 is 1.28 bits per heavy atom. The largest absolute Gasteiger partial charge is 0.371 e. The highest BCUT2D eigenvalue weighted by Crippen LogP contribution is 2.27. The van der Waals surface area contributed by atoms with Gasteiger partial charge in [-0.2, -0.15) is 0 Å². The van der Waals surface area contributed by atoms with E-state index < -0.39 is 0 Å². The van der Waals surface area contributed by atoms with Gasteiger partial charge >= 0.3 is 0 Å². The highest BCUT2D eigenvalue weighted by molar-refractivity contribution is 5.55. The van der Waals surface area contributed by atoms with Crippen LogP contribution in [0.2, 0.25) is 0 Å². The number of rotatable bonds is 4. The maximum Gasteiger partial charge on any atom is 0.0396 e. The second kappa shape index (κ2) is 4.93. The van der Waals surface area contributed by atoms with Crippen molar-refractivity contribution in [1.82, 2.24) is 5.32 Å². The molecule has 1 aliphatic carbocycles. The first-order valence-electron chi connectivity index (χ1n) is 7.30. The standard InChI is InChI=1S/C16H24N2/c1-12-7-8-18(11-12)16-6-3-14(9-13(16)2)10-17-15-4-5-15/h3,6,9,12,15,17H,4-5,7-8,10-11H2,1-2H3. The molecule has 0 radical (unpaired) electrons. The van der Waals surface area contributed by atoms with Crippen molar-refractivity contribution >= 4 is 5.69 Å². The zero-order valence-corrected chi connectivity index (χ0v) is 11.6. The number of aryl methyl sites for hydroxylation is 1. The zero-order chi connectivity index (χ0) is 12.5. The van der Waals surface area contributed by atoms with Crippen molar-refractivity contribution in [2.75, 3.05) is 18.0 Å². The highest BCUT2D eigenvalue weighted by Gasteiger charge is 2.21. The molecule has 1 unspecified atom stereocenters. The van der Waals surface area contributed by atoms with Gasteiger partial charge in [-0.05, 0) is 49.3 Å². The lowest BCUT2D eigenvalue weighted by atomic mass is 10.1. The van der Waals surface area contributed by atoms with Crippen LogP contribution in [0.15, 0.2) is 18.2 Å². The van der Waals surface area contributed by atoms with E-state index in [2.05, 4.69) is 42.3 Å². The van der Waals surface area contributed by atoms with Crippen LogP contribution in [-0.4, -0.2) is 19.1 Å². The molecule has 1 aliphatic heterocycles. The number of hydrogen-bond acceptors (Lipinski definition) is 2. The van der Waals surface area contributed by atoms with Gasteiger partial charge in [-0.3, -0.25) is 0 Å². The summed E-state index contributed by atoms with van der Waals surface area (Å²) in [7, 11) is 0. The van der Waals surface area contributed by atoms with Crippen LogP contribution in [0.4, 0.5) is 5.69 Å². The minimum atomic E-state index is 0.796. The molecule has 1 aromatic carbocycles. The van der Waals surface area contributed by atoms with E-state index in [1.165, 1.54) is 49.2 Å². The van der Waals surface area contributed by atoms with Gasteiger partial charge in [0.25, 0.3) is 0 Å². The van der Waals surface area contributed by atoms with Crippen molar-refractivity contribution in [1.29, 1.82) is 0 Å². The average molecular weight is 244 g/mol. The fourth-order valence-electron chi connectivity index (χ4n) is 2.89. The highest BCUT2D eigenvalue weighted by atomic mass is 15.1. The number of nitrogens with one attached hydrogen (secondary N) is 1. The molecule has 0 aromatic heterocycles. The molecule has 1 saturated heterocycles. The van der Waals surface area contributed by atoms with E-state index in [9.17, 15) is 0 Å². The maximum absolute atomic E-state index is 3.58. The Hall–Kier alpha value is -1.02. The summed E-state index contributed by atoms with van der Waals surface area (Å²) in [6.45, 7) is 8.08. The minimum absolute atomic E-state index is 0.796. The fraction of sp³-hybridized carbons (Fsp3) is 0.625. The van der Waals surface area contributed by atoms with Crippen molar-refractivity contribution in [3.05, 3.63) is 29.3 Å². The summed E-state index contributed by atoms with van der Waals surface area (Å²) in [5, 5.41) is 3.58. The van der Waals surface area contributed by atoms with Crippen molar-refractivity contribution in [3.8, 4) is 0 Å². The van der Waals surface area contributed by atoms with Gasteiger partial charge in [-0.15, -0.1) is 0 Å². The maximum atomic E-state index is 3.58. The van der Waals surface area contributed by atoms with Gasteiger partial charge in [0.1, 0.15) is 0 Å². The number of anilines is 1. The first-order chi connectivity index (χ1) is 8.72. The lowest BCUT2D eigenvalue weighted by Crippen LogP contribution is -2.20. The van der Waals surface area contributed by atoms with E-state index >= 15 is 0 Å². The SMILES string of the molecule is Cc1cc(CNC2CC2)ccc1N1CCC(C)C1. The molecule has 1 saturated carbocycles. The van der Waals surface area contributed by atoms with Crippen LogP contribution in [0.1, 0.15) is 37.3 Å². The summed E-state index contributed by atoms with van der Waals surface area (Å²) in [4.78, 5) is 2.54. The molecule has 1 heterocycles. The molecule has 0 bridgehead atoms. The number of hydrogen-bond donors (Lipinski definition) is 1. The van der Waals surface area contributed by atoms with Crippen LogP contribution in [0.25, 0.3) is 0 Å². The summed E-state index contributed by atoms with van der Waals surface area (Å²) >= 11 is 0. The minimum Gasteiger partial charge on any atom is -0.371 e. The number of benzene rings is 1. The summed E-state index contributed by atoms with van der Waals surface area (Å²) in [5.74, 6) is 0.848. The lowest BCUT2D eigenvalue weighted by molar-refractivity contribution is 0.659. The third-order valence-electron chi connectivity index (χ3n) is 4.20. The molecule has 3 rings (SSSR count). The Bertz CT molecular complexity index is 423. The first kappa shape index (κ1) is 12.0. The van der Waals surface area contributed by atoms with E-state index in [0.29, 0.717) is 0 Å². The Balaban J connectivity index is 1.67. The van der Waals surface area contributed by atoms with Gasteiger partial charge < -0.3 is 10.2 Å². The van der Waals surface area contributed by atoms with Crippen molar-refractivity contribution in [2.24, 2.45) is 5.92 Å². The summed E-state index contributed by atoms with van der Waals surface area (Å²) in [5.41, 5.74) is 4.30. The predicted molar refractivity (Wildman–Crippen MR) is 77.0 cm³/mol. The fourth-order valence-corrected chi connectivity index (χ4v) is 2.89. The van der Waals surface area contributed by atoms with E-state index in [1.54, 1.807) is 0 Å². The molecular formula is C16H24N2. The third kappa shape index (κ3) is 2.69. The molecule has 18 heavy (non-hydrogen) atoms. The Morgan fingerprint density at radius 2 is 2.11 bits per heavy atom. The van der Waals surface area contributed by atoms with Crippen LogP contribution in [-0.2, 0) is 6.54 Å². The normalized spacial score (nSPS) is 23.7. The predicted octanol–water partition coefficient (Wildman–Crippen LogP) is 3.09. The van der Waals surface area contributed by atoms with E-state index in [-0.39, 0.29) is 0 Å². The first-order valence-corrected chi connectivity index (χ1v) is 7.30. The van der Waals surface area contributed by atoms with Crippen LogP contribution in [0, 0.1) is 12.8 Å². The molecule has 1 atom stereocenters. The molecular weight excluding hydrogens is 220 g/mol. The second-order valence-corrected chi connectivity index (χ2v) is 6.12. The summed E-state index contributed by atoms with van der Waals surface area (Å²) in [6.07, 6.45) is 4.07. The van der Waals surface area contributed by atoms with Crippen LogP contribution in [0.5, 0.6) is 0 Å². The zero-order valence-electron chi connectivity index (χ0n) is 11.6. The molecule has 2 fully saturated rings. The molecule has 1 aromatic rings. The van der Waals surface area contributed by atoms with Crippen molar-refractivity contribution in [3.63, 3.8) is 0 Å². The Labute approximate surface area is 110 Å². The number of nitrogens with zero attached hydrogens (tertiary/aromatic N) is 1. The van der Waals surface area contributed by atoms with Gasteiger partial charge in [0.15, 0.2) is 0 Å². The van der Waals surface area contributed by atoms with Crippen molar-refractivity contribution < 1.29 is 0 Å². The van der Waals surface area contributed by atoms with Crippen LogP contribution >= 0.6 is 0 Å². The van der Waals surface area contributed by atoms with Gasteiger partial charge in [0.2, 0.25) is 0 Å². The molecule has 2 heteroatoms. The quantitative estimate of drug-likeness (QED) is 0.875. The smallest absolute Gasteiger partial charge is 0.0396 e. The van der Waals surface area contributed by atoms with Crippen LogP contribution in [0.3, 0.4) is 0 Å². The van der Waals surface area contributed by atoms with Gasteiger partial charge in [-0.1, -0.05) is 19.1 Å². The van der Waals surface area contributed by atoms with Gasteiger partial charge in [0, 0.05) is 31.4 Å². The Kier molecular flexibility index (Phi) is 3.29. The molecule has 2 nitrogen and oxygen atoms in total. The van der Waals surface area contributed by atoms with Crippen LogP contribution < -0.4 is 10.2 Å². The molecule has 98 valence electrons. The molecule has 1 N–H and O–H groups in total. The van der Waals surface area contributed by atoms with Gasteiger partial charge in [0.05, 0.1) is 0 Å². The molecule has 2 aliphatic rings. The third-order valence-corrected chi connectivity index (χ3v) is 4.20. The average Bonchev–Trinajstić information content (AvgIpc) is 3.09.